The zero-order valence-electron chi connectivity index (χ0n) is 12.2. The minimum absolute atomic E-state index is 0.0209. The summed E-state index contributed by atoms with van der Waals surface area (Å²) >= 11 is 0. The van der Waals surface area contributed by atoms with E-state index in [1.807, 2.05) is 0 Å². The molecule has 2 amide bonds. The number of nitrogens with zero attached hydrogens (tertiary/aromatic N) is 1. The highest BCUT2D eigenvalue weighted by Gasteiger charge is 2.33. The van der Waals surface area contributed by atoms with Gasteiger partial charge in [-0.25, -0.2) is 13.2 Å². The summed E-state index contributed by atoms with van der Waals surface area (Å²) in [4.78, 5) is 25.4. The highest BCUT2D eigenvalue weighted by Crippen LogP contribution is 2.19. The van der Waals surface area contributed by atoms with Crippen molar-refractivity contribution < 1.29 is 22.7 Å². The molecule has 120 valence electrons. The van der Waals surface area contributed by atoms with Crippen LogP contribution in [0.4, 0.5) is 4.79 Å². The molecule has 7 nitrogen and oxygen atoms in total. The quantitative estimate of drug-likeness (QED) is 0.800. The van der Waals surface area contributed by atoms with Gasteiger partial charge < -0.3 is 15.0 Å². The average molecular weight is 318 g/mol. The molecule has 2 aliphatic rings. The first-order valence-corrected chi connectivity index (χ1v) is 9.16. The molecule has 0 bridgehead atoms. The van der Waals surface area contributed by atoms with Crippen molar-refractivity contribution in [3.63, 3.8) is 0 Å². The zero-order valence-corrected chi connectivity index (χ0v) is 13.0. The van der Waals surface area contributed by atoms with E-state index in [9.17, 15) is 18.0 Å². The van der Waals surface area contributed by atoms with Crippen LogP contribution in [0.15, 0.2) is 0 Å². The molecule has 21 heavy (non-hydrogen) atoms. The SMILES string of the molecule is CCOC(=O)N1CCCC(C(=O)NC2CCS(=O)(=O)C2)C1. The topological polar surface area (TPSA) is 92.8 Å². The minimum atomic E-state index is -3.00. The number of hydrogen-bond donors (Lipinski definition) is 1. The lowest BCUT2D eigenvalue weighted by atomic mass is 9.97. The van der Waals surface area contributed by atoms with Crippen molar-refractivity contribution in [1.29, 1.82) is 0 Å². The highest BCUT2D eigenvalue weighted by atomic mass is 32.2. The molecule has 2 heterocycles. The van der Waals surface area contributed by atoms with Gasteiger partial charge in [-0.3, -0.25) is 4.79 Å². The summed E-state index contributed by atoms with van der Waals surface area (Å²) in [5.74, 6) is -0.289. The van der Waals surface area contributed by atoms with E-state index in [1.54, 1.807) is 11.8 Å². The molecule has 0 radical (unpaired) electrons. The molecule has 0 aromatic rings. The molecule has 0 saturated carbocycles. The molecule has 0 aromatic carbocycles. The van der Waals surface area contributed by atoms with Gasteiger partial charge in [0.1, 0.15) is 0 Å². The lowest BCUT2D eigenvalue weighted by Crippen LogP contribution is -2.48. The van der Waals surface area contributed by atoms with Gasteiger partial charge in [0.2, 0.25) is 5.91 Å². The second-order valence-corrected chi connectivity index (χ2v) is 7.82. The van der Waals surface area contributed by atoms with Crippen molar-refractivity contribution in [3.05, 3.63) is 0 Å². The smallest absolute Gasteiger partial charge is 0.409 e. The van der Waals surface area contributed by atoms with Crippen molar-refractivity contribution in [1.82, 2.24) is 10.2 Å². The summed E-state index contributed by atoms with van der Waals surface area (Å²) in [5, 5.41) is 2.80. The number of piperidine rings is 1. The van der Waals surface area contributed by atoms with E-state index in [1.165, 1.54) is 0 Å². The molecule has 0 spiro atoms. The lowest BCUT2D eigenvalue weighted by Gasteiger charge is -2.31. The van der Waals surface area contributed by atoms with Crippen molar-refractivity contribution >= 4 is 21.8 Å². The van der Waals surface area contributed by atoms with E-state index in [-0.39, 0.29) is 29.4 Å². The Labute approximate surface area is 124 Å². The third-order valence-corrected chi connectivity index (χ3v) is 5.66. The van der Waals surface area contributed by atoms with Gasteiger partial charge in [-0.15, -0.1) is 0 Å². The third kappa shape index (κ3) is 4.33. The van der Waals surface area contributed by atoms with Crippen LogP contribution in [0.1, 0.15) is 26.2 Å². The van der Waals surface area contributed by atoms with E-state index < -0.39 is 15.9 Å². The Bertz CT molecular complexity index is 505. The van der Waals surface area contributed by atoms with E-state index in [0.717, 1.165) is 6.42 Å². The Morgan fingerprint density at radius 3 is 2.71 bits per heavy atom. The van der Waals surface area contributed by atoms with Gasteiger partial charge in [0, 0.05) is 19.1 Å². The van der Waals surface area contributed by atoms with Crippen LogP contribution in [0.5, 0.6) is 0 Å². The lowest BCUT2D eigenvalue weighted by molar-refractivity contribution is -0.127. The predicted molar refractivity (Wildman–Crippen MR) is 76.5 cm³/mol. The third-order valence-electron chi connectivity index (χ3n) is 3.90. The van der Waals surface area contributed by atoms with E-state index in [2.05, 4.69) is 5.32 Å². The number of carbonyl (C=O) groups is 2. The normalized spacial score (nSPS) is 28.1. The molecular weight excluding hydrogens is 296 g/mol. The fourth-order valence-corrected chi connectivity index (χ4v) is 4.47. The van der Waals surface area contributed by atoms with Crippen LogP contribution in [0.2, 0.25) is 0 Å². The van der Waals surface area contributed by atoms with Crippen LogP contribution in [-0.4, -0.2) is 62.6 Å². The summed E-state index contributed by atoms with van der Waals surface area (Å²) in [7, 11) is -3.00. The molecule has 0 aliphatic carbocycles. The maximum Gasteiger partial charge on any atom is 0.409 e. The number of ether oxygens (including phenoxy) is 1. The Hall–Kier alpha value is -1.31. The molecule has 2 aliphatic heterocycles. The Kier molecular flexibility index (Phi) is 5.08. The number of amides is 2. The summed E-state index contributed by atoms with van der Waals surface area (Å²) in [5.41, 5.74) is 0. The van der Waals surface area contributed by atoms with Crippen LogP contribution in [0.3, 0.4) is 0 Å². The van der Waals surface area contributed by atoms with Gasteiger partial charge in [0.15, 0.2) is 9.84 Å². The van der Waals surface area contributed by atoms with Crippen molar-refractivity contribution in [2.24, 2.45) is 5.92 Å². The number of likely N-dealkylation sites (tertiary alicyclic amines) is 1. The number of rotatable bonds is 3. The minimum Gasteiger partial charge on any atom is -0.450 e. The maximum atomic E-state index is 12.2. The monoisotopic (exact) mass is 318 g/mol. The second kappa shape index (κ2) is 6.64. The van der Waals surface area contributed by atoms with Crippen molar-refractivity contribution in [2.75, 3.05) is 31.2 Å². The van der Waals surface area contributed by atoms with Gasteiger partial charge in [-0.1, -0.05) is 0 Å². The predicted octanol–water partition coefficient (Wildman–Crippen LogP) is 0.158. The first-order valence-electron chi connectivity index (χ1n) is 7.34. The first-order chi connectivity index (χ1) is 9.91. The molecule has 2 unspecified atom stereocenters. The fraction of sp³-hybridized carbons (Fsp3) is 0.846. The second-order valence-electron chi connectivity index (χ2n) is 5.59. The number of sulfone groups is 1. The Balaban J connectivity index is 1.86. The van der Waals surface area contributed by atoms with Gasteiger partial charge in [0.25, 0.3) is 0 Å². The summed E-state index contributed by atoms with van der Waals surface area (Å²) < 4.78 is 27.7. The molecule has 0 aromatic heterocycles. The summed E-state index contributed by atoms with van der Waals surface area (Å²) in [6.07, 6.45) is 1.54. The van der Waals surface area contributed by atoms with Gasteiger partial charge in [-0.2, -0.15) is 0 Å². The molecule has 2 saturated heterocycles. The van der Waals surface area contributed by atoms with Crippen LogP contribution in [0.25, 0.3) is 0 Å². The van der Waals surface area contributed by atoms with Gasteiger partial charge in [0.05, 0.1) is 24.0 Å². The van der Waals surface area contributed by atoms with E-state index >= 15 is 0 Å². The van der Waals surface area contributed by atoms with Gasteiger partial charge in [-0.05, 0) is 26.2 Å². The molecular formula is C13H22N2O5S. The standard InChI is InChI=1S/C13H22N2O5S/c1-2-20-13(17)15-6-3-4-10(8-15)12(16)14-11-5-7-21(18,19)9-11/h10-11H,2-9H2,1H3,(H,14,16). The Morgan fingerprint density at radius 2 is 2.10 bits per heavy atom. The molecule has 1 N–H and O–H groups in total. The highest BCUT2D eigenvalue weighted by molar-refractivity contribution is 7.91. The average Bonchev–Trinajstić information content (AvgIpc) is 2.78. The molecule has 2 atom stereocenters. The van der Waals surface area contributed by atoms with Crippen LogP contribution in [0, 0.1) is 5.92 Å². The largest absolute Gasteiger partial charge is 0.450 e. The van der Waals surface area contributed by atoms with Crippen LogP contribution < -0.4 is 5.32 Å². The molecule has 2 rings (SSSR count). The number of nitrogens with one attached hydrogen (secondary N) is 1. The maximum absolute atomic E-state index is 12.2. The molecule has 2 fully saturated rings. The van der Waals surface area contributed by atoms with Crippen LogP contribution >= 0.6 is 0 Å². The van der Waals surface area contributed by atoms with E-state index in [0.29, 0.717) is 32.5 Å². The van der Waals surface area contributed by atoms with Gasteiger partial charge >= 0.3 is 6.09 Å². The summed E-state index contributed by atoms with van der Waals surface area (Å²) in [6, 6.07) is -0.291. The number of hydrogen-bond acceptors (Lipinski definition) is 5. The van der Waals surface area contributed by atoms with Crippen molar-refractivity contribution in [2.45, 2.75) is 32.2 Å². The van der Waals surface area contributed by atoms with Crippen molar-refractivity contribution in [3.8, 4) is 0 Å². The zero-order chi connectivity index (χ0) is 15.5. The molecule has 8 heteroatoms. The van der Waals surface area contributed by atoms with E-state index in [4.69, 9.17) is 4.74 Å². The first kappa shape index (κ1) is 16.1. The Morgan fingerprint density at radius 1 is 1.33 bits per heavy atom. The van der Waals surface area contributed by atoms with Crippen LogP contribution in [-0.2, 0) is 19.4 Å². The fourth-order valence-electron chi connectivity index (χ4n) is 2.80. The number of carbonyl (C=O) groups excluding carboxylic acids is 2. The summed E-state index contributed by atoms with van der Waals surface area (Å²) in [6.45, 7) is 2.99.